The van der Waals surface area contributed by atoms with Crippen molar-refractivity contribution in [1.82, 2.24) is 14.2 Å². The predicted molar refractivity (Wildman–Crippen MR) is 114 cm³/mol. The van der Waals surface area contributed by atoms with Gasteiger partial charge in [-0.3, -0.25) is 4.79 Å². The first-order valence-electron chi connectivity index (χ1n) is 8.80. The molecule has 5 nitrogen and oxygen atoms in total. The maximum absolute atomic E-state index is 13.0. The van der Waals surface area contributed by atoms with Gasteiger partial charge in [-0.1, -0.05) is 41.1 Å². The van der Waals surface area contributed by atoms with Crippen LogP contribution in [0.2, 0.25) is 0 Å². The van der Waals surface area contributed by atoms with E-state index in [1.807, 2.05) is 38.2 Å². The van der Waals surface area contributed by atoms with E-state index in [2.05, 4.69) is 49.6 Å². The van der Waals surface area contributed by atoms with E-state index in [0.717, 1.165) is 26.6 Å². The molecular weight excluding hydrogens is 404 g/mol. The summed E-state index contributed by atoms with van der Waals surface area (Å²) in [6.07, 6.45) is 2.39. The summed E-state index contributed by atoms with van der Waals surface area (Å²) >= 11 is 3.42. The molecule has 0 saturated carbocycles. The number of rotatable bonds is 3. The minimum atomic E-state index is -0.160. The van der Waals surface area contributed by atoms with Gasteiger partial charge in [-0.25, -0.2) is 4.98 Å². The maximum atomic E-state index is 13.0. The molecule has 4 aromatic rings. The molecule has 0 aliphatic heterocycles. The molecule has 136 valence electrons. The molecule has 0 atom stereocenters. The summed E-state index contributed by atoms with van der Waals surface area (Å²) in [6, 6.07) is 13.7. The second-order valence-electron chi connectivity index (χ2n) is 6.48. The van der Waals surface area contributed by atoms with Crippen LogP contribution >= 0.6 is 15.9 Å². The first-order valence-corrected chi connectivity index (χ1v) is 9.60. The highest BCUT2D eigenvalue weighted by molar-refractivity contribution is 9.10. The lowest BCUT2D eigenvalue weighted by Gasteiger charge is -2.07. The van der Waals surface area contributed by atoms with E-state index < -0.39 is 0 Å². The number of aromatic nitrogens is 3. The first-order chi connectivity index (χ1) is 13.0. The van der Waals surface area contributed by atoms with E-state index in [-0.39, 0.29) is 5.56 Å². The van der Waals surface area contributed by atoms with Crippen molar-refractivity contribution in [3.8, 4) is 0 Å². The van der Waals surface area contributed by atoms with Gasteiger partial charge in [-0.15, -0.1) is 0 Å². The van der Waals surface area contributed by atoms with E-state index in [9.17, 15) is 4.79 Å². The average Bonchev–Trinajstić information content (AvgIpc) is 2.92. The molecule has 4 rings (SSSR count). The first kappa shape index (κ1) is 17.7. The third-order valence-corrected chi connectivity index (χ3v) is 5.44. The molecule has 0 bridgehead atoms. The molecule has 0 N–H and O–H groups in total. The number of fused-ring (bicyclic) bond motifs is 2. The number of nitrogens with zero attached hydrogens (tertiary/aromatic N) is 4. The maximum Gasteiger partial charge on any atom is 0.282 e. The number of para-hydroxylation sites is 1. The lowest BCUT2D eigenvalue weighted by atomic mass is 10.1. The van der Waals surface area contributed by atoms with Crippen LogP contribution in [0.1, 0.15) is 24.0 Å². The fourth-order valence-electron chi connectivity index (χ4n) is 3.37. The van der Waals surface area contributed by atoms with Gasteiger partial charge in [-0.2, -0.15) is 9.78 Å². The molecule has 27 heavy (non-hydrogen) atoms. The Morgan fingerprint density at radius 2 is 1.96 bits per heavy atom. The van der Waals surface area contributed by atoms with Crippen molar-refractivity contribution in [2.75, 3.05) is 0 Å². The van der Waals surface area contributed by atoms with Gasteiger partial charge < -0.3 is 4.57 Å². The number of hydrogen-bond donors (Lipinski definition) is 0. The molecule has 0 fully saturated rings. The van der Waals surface area contributed by atoms with Crippen molar-refractivity contribution in [1.29, 1.82) is 0 Å². The standard InChI is InChI=1S/C21H19BrN4O/c1-4-20-24-18-10-9-14(22)11-16(18)21(27)26(20)23-12-17-13(2)25(3)19-8-6-5-7-15(17)19/h5-12H,4H2,1-3H3. The Labute approximate surface area is 165 Å². The zero-order valence-electron chi connectivity index (χ0n) is 15.4. The number of benzene rings is 2. The number of hydrogen-bond acceptors (Lipinski definition) is 3. The Hall–Kier alpha value is -2.73. The summed E-state index contributed by atoms with van der Waals surface area (Å²) < 4.78 is 4.39. The Morgan fingerprint density at radius 1 is 1.19 bits per heavy atom. The Morgan fingerprint density at radius 3 is 2.74 bits per heavy atom. The van der Waals surface area contributed by atoms with E-state index in [0.29, 0.717) is 23.1 Å². The highest BCUT2D eigenvalue weighted by Gasteiger charge is 2.12. The van der Waals surface area contributed by atoms with Crippen LogP contribution in [0.4, 0.5) is 0 Å². The molecular formula is C21H19BrN4O. The summed E-state index contributed by atoms with van der Waals surface area (Å²) in [5, 5.41) is 6.20. The van der Waals surface area contributed by atoms with Crippen LogP contribution in [0.15, 0.2) is 56.8 Å². The van der Waals surface area contributed by atoms with Gasteiger partial charge in [0.2, 0.25) is 0 Å². The van der Waals surface area contributed by atoms with Crippen LogP contribution in [0, 0.1) is 6.92 Å². The third kappa shape index (κ3) is 2.90. The average molecular weight is 423 g/mol. The Bertz CT molecular complexity index is 1270. The van der Waals surface area contributed by atoms with Gasteiger partial charge in [0.1, 0.15) is 5.82 Å². The molecule has 2 heterocycles. The van der Waals surface area contributed by atoms with Crippen molar-refractivity contribution < 1.29 is 0 Å². The largest absolute Gasteiger partial charge is 0.347 e. The van der Waals surface area contributed by atoms with Gasteiger partial charge in [0.15, 0.2) is 0 Å². The van der Waals surface area contributed by atoms with Gasteiger partial charge in [0.25, 0.3) is 5.56 Å². The van der Waals surface area contributed by atoms with Crippen molar-refractivity contribution in [3.05, 3.63) is 74.4 Å². The van der Waals surface area contributed by atoms with E-state index >= 15 is 0 Å². The predicted octanol–water partition coefficient (Wildman–Crippen LogP) is 4.40. The van der Waals surface area contributed by atoms with Crippen molar-refractivity contribution >= 4 is 44.0 Å². The zero-order valence-corrected chi connectivity index (χ0v) is 17.0. The van der Waals surface area contributed by atoms with Gasteiger partial charge in [0, 0.05) is 40.1 Å². The minimum Gasteiger partial charge on any atom is -0.347 e. The molecule has 0 aliphatic rings. The topological polar surface area (TPSA) is 52.2 Å². The normalized spacial score (nSPS) is 11.9. The molecule has 0 saturated heterocycles. The van der Waals surface area contributed by atoms with Crippen molar-refractivity contribution in [2.24, 2.45) is 12.1 Å². The fourth-order valence-corrected chi connectivity index (χ4v) is 3.73. The molecule has 2 aromatic carbocycles. The molecule has 0 amide bonds. The third-order valence-electron chi connectivity index (χ3n) is 4.94. The van der Waals surface area contributed by atoms with Crippen LogP contribution < -0.4 is 5.56 Å². The highest BCUT2D eigenvalue weighted by atomic mass is 79.9. The summed E-state index contributed by atoms with van der Waals surface area (Å²) in [7, 11) is 2.04. The van der Waals surface area contributed by atoms with E-state index in [1.165, 1.54) is 4.68 Å². The minimum absolute atomic E-state index is 0.160. The number of halogens is 1. The monoisotopic (exact) mass is 422 g/mol. The summed E-state index contributed by atoms with van der Waals surface area (Å²) in [4.78, 5) is 17.6. The molecule has 6 heteroatoms. The second-order valence-corrected chi connectivity index (χ2v) is 7.40. The molecule has 0 aliphatic carbocycles. The fraction of sp³-hybridized carbons (Fsp3) is 0.190. The van der Waals surface area contributed by atoms with Crippen LogP contribution in [-0.2, 0) is 13.5 Å². The molecule has 0 unspecified atom stereocenters. The summed E-state index contributed by atoms with van der Waals surface area (Å²) in [6.45, 7) is 4.03. The Balaban J connectivity index is 1.93. The second kappa shape index (κ2) is 6.78. The van der Waals surface area contributed by atoms with Gasteiger partial charge in [0.05, 0.1) is 17.1 Å². The quantitative estimate of drug-likeness (QED) is 0.459. The van der Waals surface area contributed by atoms with Crippen molar-refractivity contribution in [2.45, 2.75) is 20.3 Å². The van der Waals surface area contributed by atoms with Crippen LogP contribution in [-0.4, -0.2) is 20.4 Å². The van der Waals surface area contributed by atoms with E-state index in [1.54, 1.807) is 12.3 Å². The highest BCUT2D eigenvalue weighted by Crippen LogP contribution is 2.23. The van der Waals surface area contributed by atoms with Crippen molar-refractivity contribution in [3.63, 3.8) is 0 Å². The Kier molecular flexibility index (Phi) is 4.44. The van der Waals surface area contributed by atoms with E-state index in [4.69, 9.17) is 0 Å². The summed E-state index contributed by atoms with van der Waals surface area (Å²) in [5.41, 5.74) is 3.78. The molecule has 2 aromatic heterocycles. The van der Waals surface area contributed by atoms with Crippen LogP contribution in [0.5, 0.6) is 0 Å². The summed E-state index contributed by atoms with van der Waals surface area (Å²) in [5.74, 6) is 0.643. The van der Waals surface area contributed by atoms with Gasteiger partial charge in [-0.05, 0) is 31.2 Å². The number of aryl methyl sites for hydroxylation is 2. The molecule has 0 radical (unpaired) electrons. The van der Waals surface area contributed by atoms with Crippen LogP contribution in [0.25, 0.3) is 21.8 Å². The molecule has 0 spiro atoms. The lowest BCUT2D eigenvalue weighted by Crippen LogP contribution is -2.22. The lowest BCUT2D eigenvalue weighted by molar-refractivity contribution is 0.734. The zero-order chi connectivity index (χ0) is 19.1. The van der Waals surface area contributed by atoms with Crippen LogP contribution in [0.3, 0.4) is 0 Å². The van der Waals surface area contributed by atoms with Gasteiger partial charge >= 0.3 is 0 Å². The smallest absolute Gasteiger partial charge is 0.282 e. The SMILES string of the molecule is CCc1nc2ccc(Br)cc2c(=O)n1N=Cc1c(C)n(C)c2ccccc12.